The van der Waals surface area contributed by atoms with Gasteiger partial charge >= 0.3 is 0 Å². The van der Waals surface area contributed by atoms with Gasteiger partial charge in [0.25, 0.3) is 11.7 Å². The number of ether oxygens (including phenoxy) is 2. The van der Waals surface area contributed by atoms with Crippen molar-refractivity contribution in [3.05, 3.63) is 94.1 Å². The third kappa shape index (κ3) is 4.59. The van der Waals surface area contributed by atoms with Crippen molar-refractivity contribution in [3.8, 4) is 11.5 Å². The molecule has 0 saturated carbocycles. The number of carbonyl (C=O) groups is 2. The van der Waals surface area contributed by atoms with E-state index < -0.39 is 17.7 Å². The van der Waals surface area contributed by atoms with Crippen LogP contribution in [-0.4, -0.2) is 31.0 Å². The molecule has 37 heavy (non-hydrogen) atoms. The molecular weight excluding hydrogens is 466 g/mol. The number of hydrogen-bond donors (Lipinski definition) is 1. The van der Waals surface area contributed by atoms with Crippen LogP contribution < -0.4 is 14.4 Å². The first-order valence-corrected chi connectivity index (χ1v) is 12.2. The van der Waals surface area contributed by atoms with Crippen molar-refractivity contribution >= 4 is 23.1 Å². The van der Waals surface area contributed by atoms with Crippen molar-refractivity contribution in [1.82, 2.24) is 0 Å². The Morgan fingerprint density at radius 3 is 2.27 bits per heavy atom. The summed E-state index contributed by atoms with van der Waals surface area (Å²) in [4.78, 5) is 28.6. The molecule has 3 aromatic rings. The van der Waals surface area contributed by atoms with Crippen molar-refractivity contribution in [2.75, 3.05) is 19.1 Å². The zero-order chi connectivity index (χ0) is 27.1. The molecule has 4 rings (SSSR count). The summed E-state index contributed by atoms with van der Waals surface area (Å²) in [5.41, 5.74) is 4.23. The molecule has 0 aliphatic carbocycles. The Hall–Kier alpha value is -4.06. The highest BCUT2D eigenvalue weighted by molar-refractivity contribution is 6.51. The van der Waals surface area contributed by atoms with Crippen molar-refractivity contribution < 1.29 is 24.2 Å². The van der Waals surface area contributed by atoms with Crippen LogP contribution in [0.4, 0.5) is 5.69 Å². The normalized spacial score (nSPS) is 17.3. The maximum atomic E-state index is 13.6. The van der Waals surface area contributed by atoms with E-state index >= 15 is 0 Å². The van der Waals surface area contributed by atoms with Crippen LogP contribution in [0.5, 0.6) is 11.5 Å². The van der Waals surface area contributed by atoms with Gasteiger partial charge in [-0.1, -0.05) is 45.0 Å². The van der Waals surface area contributed by atoms with E-state index in [0.29, 0.717) is 28.3 Å². The molecule has 0 bridgehead atoms. The predicted molar refractivity (Wildman–Crippen MR) is 145 cm³/mol. The fourth-order valence-electron chi connectivity index (χ4n) is 4.80. The number of Topliss-reactive ketones (excluding diaryl/α,β-unsaturated/α-hetero) is 1. The number of aliphatic hydroxyl groups excluding tert-OH is 1. The molecule has 1 fully saturated rings. The number of nitrogens with zero attached hydrogens (tertiary/aromatic N) is 1. The molecule has 1 unspecified atom stereocenters. The van der Waals surface area contributed by atoms with Gasteiger partial charge in [-0.05, 0) is 72.4 Å². The Labute approximate surface area is 218 Å². The zero-order valence-corrected chi connectivity index (χ0v) is 22.4. The van der Waals surface area contributed by atoms with Gasteiger partial charge in [0.1, 0.15) is 17.3 Å². The number of methoxy groups -OCH3 is 2. The third-order valence-corrected chi connectivity index (χ3v) is 6.97. The first-order chi connectivity index (χ1) is 17.5. The highest BCUT2D eigenvalue weighted by atomic mass is 16.5. The minimum absolute atomic E-state index is 0.0317. The summed E-state index contributed by atoms with van der Waals surface area (Å²) in [5.74, 6) is -0.383. The molecule has 1 aliphatic rings. The number of aryl methyl sites for hydroxylation is 1. The molecule has 0 spiro atoms. The van der Waals surface area contributed by atoms with Gasteiger partial charge in [-0.3, -0.25) is 14.5 Å². The lowest BCUT2D eigenvalue weighted by Gasteiger charge is -2.28. The van der Waals surface area contributed by atoms with Crippen LogP contribution in [0, 0.1) is 13.8 Å². The minimum Gasteiger partial charge on any atom is -0.507 e. The smallest absolute Gasteiger partial charge is 0.300 e. The second kappa shape index (κ2) is 9.77. The average molecular weight is 500 g/mol. The number of benzene rings is 3. The molecule has 0 aromatic heterocycles. The molecule has 1 amide bonds. The van der Waals surface area contributed by atoms with Gasteiger partial charge < -0.3 is 14.6 Å². The van der Waals surface area contributed by atoms with Crippen LogP contribution in [0.1, 0.15) is 54.6 Å². The highest BCUT2D eigenvalue weighted by Crippen LogP contribution is 2.44. The molecule has 1 N–H and O–H groups in total. The van der Waals surface area contributed by atoms with Gasteiger partial charge in [-0.25, -0.2) is 0 Å². The van der Waals surface area contributed by atoms with Gasteiger partial charge in [-0.15, -0.1) is 0 Å². The molecule has 1 atom stereocenters. The molecular formula is C31H33NO5. The van der Waals surface area contributed by atoms with Crippen LogP contribution in [-0.2, 0) is 15.0 Å². The lowest BCUT2D eigenvalue weighted by Crippen LogP contribution is -2.30. The Morgan fingerprint density at radius 1 is 0.919 bits per heavy atom. The summed E-state index contributed by atoms with van der Waals surface area (Å²) in [5, 5.41) is 11.6. The Balaban J connectivity index is 2.00. The summed E-state index contributed by atoms with van der Waals surface area (Å²) in [6.45, 7) is 10.0. The molecule has 0 radical (unpaired) electrons. The van der Waals surface area contributed by atoms with Crippen LogP contribution in [0.25, 0.3) is 5.76 Å². The van der Waals surface area contributed by atoms with Crippen LogP contribution >= 0.6 is 0 Å². The summed E-state index contributed by atoms with van der Waals surface area (Å²) in [7, 11) is 3.16. The quantitative estimate of drug-likeness (QED) is 0.255. The van der Waals surface area contributed by atoms with Crippen molar-refractivity contribution in [3.63, 3.8) is 0 Å². The predicted octanol–water partition coefficient (Wildman–Crippen LogP) is 6.24. The SMILES string of the molecule is COc1cccc(C2/C(=C(/O)c3ccc(OC)c(C(C)(C)C)c3)C(=O)C(=O)N2c2cccc(C)c2C)c1. The monoisotopic (exact) mass is 499 g/mol. The number of anilines is 1. The topological polar surface area (TPSA) is 76.1 Å². The molecule has 6 heteroatoms. The number of amides is 1. The molecule has 1 saturated heterocycles. The Bertz CT molecular complexity index is 1410. The second-order valence-electron chi connectivity index (χ2n) is 10.3. The van der Waals surface area contributed by atoms with Crippen LogP contribution in [0.15, 0.2) is 66.2 Å². The third-order valence-electron chi connectivity index (χ3n) is 6.97. The van der Waals surface area contributed by atoms with Gasteiger partial charge in [0.15, 0.2) is 0 Å². The van der Waals surface area contributed by atoms with Crippen molar-refractivity contribution in [1.29, 1.82) is 0 Å². The number of aliphatic hydroxyl groups is 1. The number of carbonyl (C=O) groups excluding carboxylic acids is 2. The Morgan fingerprint density at radius 2 is 1.62 bits per heavy atom. The second-order valence-corrected chi connectivity index (χ2v) is 10.3. The van der Waals surface area contributed by atoms with Gasteiger partial charge in [-0.2, -0.15) is 0 Å². The Kier molecular flexibility index (Phi) is 6.87. The largest absolute Gasteiger partial charge is 0.507 e. The van der Waals surface area contributed by atoms with Crippen molar-refractivity contribution in [2.45, 2.75) is 46.1 Å². The fraction of sp³-hybridized carbons (Fsp3) is 0.290. The lowest BCUT2D eigenvalue weighted by molar-refractivity contribution is -0.132. The summed E-state index contributed by atoms with van der Waals surface area (Å²) in [6, 6.07) is 17.3. The minimum atomic E-state index is -0.837. The molecule has 192 valence electrons. The van der Waals surface area contributed by atoms with Gasteiger partial charge in [0.05, 0.1) is 25.8 Å². The maximum Gasteiger partial charge on any atom is 0.300 e. The molecule has 3 aromatic carbocycles. The van der Waals surface area contributed by atoms with E-state index in [-0.39, 0.29) is 16.7 Å². The van der Waals surface area contributed by atoms with E-state index in [4.69, 9.17) is 9.47 Å². The van der Waals surface area contributed by atoms with Gasteiger partial charge in [0.2, 0.25) is 0 Å². The van der Waals surface area contributed by atoms with E-state index in [2.05, 4.69) is 0 Å². The summed E-state index contributed by atoms with van der Waals surface area (Å²) >= 11 is 0. The van der Waals surface area contributed by atoms with E-state index in [1.807, 2.05) is 71.0 Å². The van der Waals surface area contributed by atoms with E-state index in [9.17, 15) is 14.7 Å². The number of rotatable bonds is 5. The van der Waals surface area contributed by atoms with E-state index in [1.165, 1.54) is 4.90 Å². The standard InChI is InChI=1S/C31H33NO5/c1-18-10-8-13-24(19(18)2)32-27(20-11-9-12-22(16-20)36-6)26(29(34)30(32)35)28(33)21-14-15-25(37-7)23(17-21)31(3,4)5/h8-17,27,33H,1-7H3/b28-26-. The molecule has 1 heterocycles. The lowest BCUT2D eigenvalue weighted by atomic mass is 9.84. The first-order valence-electron chi connectivity index (χ1n) is 12.2. The molecule has 6 nitrogen and oxygen atoms in total. The first kappa shape index (κ1) is 26.0. The fourth-order valence-corrected chi connectivity index (χ4v) is 4.80. The van der Waals surface area contributed by atoms with E-state index in [1.54, 1.807) is 38.5 Å². The highest BCUT2D eigenvalue weighted by Gasteiger charge is 2.47. The summed E-state index contributed by atoms with van der Waals surface area (Å²) in [6.07, 6.45) is 0. The summed E-state index contributed by atoms with van der Waals surface area (Å²) < 4.78 is 11.0. The number of hydrogen-bond acceptors (Lipinski definition) is 5. The van der Waals surface area contributed by atoms with Crippen LogP contribution in [0.2, 0.25) is 0 Å². The van der Waals surface area contributed by atoms with Gasteiger partial charge in [0, 0.05) is 16.8 Å². The van der Waals surface area contributed by atoms with Crippen LogP contribution in [0.3, 0.4) is 0 Å². The van der Waals surface area contributed by atoms with Crippen molar-refractivity contribution in [2.24, 2.45) is 0 Å². The zero-order valence-electron chi connectivity index (χ0n) is 22.4. The average Bonchev–Trinajstić information content (AvgIpc) is 3.14. The molecule has 1 aliphatic heterocycles. The van der Waals surface area contributed by atoms with E-state index in [0.717, 1.165) is 16.7 Å². The maximum absolute atomic E-state index is 13.6. The number of ketones is 1.